The highest BCUT2D eigenvalue weighted by Crippen LogP contribution is 2.34. The number of aryl methyl sites for hydroxylation is 1. The second kappa shape index (κ2) is 8.79. The van der Waals surface area contributed by atoms with Crippen LogP contribution in [0, 0.1) is 18.3 Å². The molecular weight excluding hydrogens is 400 g/mol. The highest BCUT2D eigenvalue weighted by atomic mass is 16.5. The van der Waals surface area contributed by atoms with E-state index in [2.05, 4.69) is 45.3 Å². The number of nitrogens with one attached hydrogen (secondary N) is 2. The Morgan fingerprint density at radius 1 is 1.12 bits per heavy atom. The molecule has 0 amide bonds. The fourth-order valence-corrected chi connectivity index (χ4v) is 4.12. The van der Waals surface area contributed by atoms with E-state index < -0.39 is 0 Å². The first-order valence-electron chi connectivity index (χ1n) is 10.7. The molecule has 4 aromatic rings. The van der Waals surface area contributed by atoms with Crippen LogP contribution >= 0.6 is 0 Å². The normalized spacial score (nSPS) is 14.4. The van der Waals surface area contributed by atoms with E-state index in [1.54, 1.807) is 12.4 Å². The largest absolute Gasteiger partial charge is 0.379 e. The molecular formula is C25H24N6O. The average Bonchev–Trinajstić information content (AvgIpc) is 3.32. The van der Waals surface area contributed by atoms with Crippen LogP contribution in [0.5, 0.6) is 0 Å². The number of pyridine rings is 2. The van der Waals surface area contributed by atoms with E-state index in [1.165, 1.54) is 0 Å². The Balaban J connectivity index is 1.46. The van der Waals surface area contributed by atoms with Gasteiger partial charge in [-0.15, -0.1) is 0 Å². The molecule has 1 saturated heterocycles. The summed E-state index contributed by atoms with van der Waals surface area (Å²) in [5, 5.41) is 14.4. The Hall–Kier alpha value is -3.73. The van der Waals surface area contributed by atoms with Crippen molar-refractivity contribution in [2.75, 3.05) is 31.6 Å². The van der Waals surface area contributed by atoms with Gasteiger partial charge in [0.25, 0.3) is 0 Å². The molecule has 32 heavy (non-hydrogen) atoms. The molecule has 7 heteroatoms. The van der Waals surface area contributed by atoms with Gasteiger partial charge in [0, 0.05) is 66.6 Å². The summed E-state index contributed by atoms with van der Waals surface area (Å²) in [5.41, 5.74) is 7.08. The zero-order valence-corrected chi connectivity index (χ0v) is 17.9. The molecule has 0 saturated carbocycles. The van der Waals surface area contributed by atoms with Gasteiger partial charge in [-0.2, -0.15) is 5.26 Å². The van der Waals surface area contributed by atoms with Crippen molar-refractivity contribution in [3.63, 3.8) is 0 Å². The summed E-state index contributed by atoms with van der Waals surface area (Å²) in [6.07, 6.45) is 7.19. The van der Waals surface area contributed by atoms with Crippen LogP contribution in [0.4, 0.5) is 11.4 Å². The Labute approximate surface area is 186 Å². The number of anilines is 2. The van der Waals surface area contributed by atoms with Gasteiger partial charge < -0.3 is 15.0 Å². The third-order valence-corrected chi connectivity index (χ3v) is 5.94. The minimum atomic E-state index is 0.482. The summed E-state index contributed by atoms with van der Waals surface area (Å²) in [4.78, 5) is 14.6. The predicted octanol–water partition coefficient (Wildman–Crippen LogP) is 4.38. The number of aromatic amines is 1. The summed E-state index contributed by atoms with van der Waals surface area (Å²) in [6, 6.07) is 12.5. The average molecular weight is 425 g/mol. The Kier molecular flexibility index (Phi) is 5.55. The van der Waals surface area contributed by atoms with E-state index in [9.17, 15) is 5.26 Å². The maximum atomic E-state index is 9.73. The van der Waals surface area contributed by atoms with E-state index in [0.717, 1.165) is 71.8 Å². The number of hydrogen-bond donors (Lipinski definition) is 2. The number of morpholine rings is 1. The van der Waals surface area contributed by atoms with Crippen molar-refractivity contribution in [3.8, 4) is 17.3 Å². The molecule has 3 aromatic heterocycles. The molecule has 4 heterocycles. The molecule has 0 aliphatic carbocycles. The van der Waals surface area contributed by atoms with Crippen LogP contribution in [0.2, 0.25) is 0 Å². The Bertz CT molecular complexity index is 1280. The number of aromatic nitrogens is 3. The number of nitriles is 1. The summed E-state index contributed by atoms with van der Waals surface area (Å²) in [7, 11) is 0. The minimum absolute atomic E-state index is 0.482. The van der Waals surface area contributed by atoms with Crippen molar-refractivity contribution < 1.29 is 4.74 Å². The van der Waals surface area contributed by atoms with E-state index >= 15 is 0 Å². The first kappa shape index (κ1) is 20.2. The molecule has 0 atom stereocenters. The Morgan fingerprint density at radius 3 is 2.78 bits per heavy atom. The van der Waals surface area contributed by atoms with Crippen molar-refractivity contribution >= 4 is 22.3 Å². The summed E-state index contributed by atoms with van der Waals surface area (Å²) in [5.74, 6) is 0. The van der Waals surface area contributed by atoms with E-state index in [4.69, 9.17) is 9.72 Å². The van der Waals surface area contributed by atoms with Crippen LogP contribution in [-0.4, -0.2) is 46.2 Å². The lowest BCUT2D eigenvalue weighted by molar-refractivity contribution is 0.0341. The predicted molar refractivity (Wildman–Crippen MR) is 125 cm³/mol. The highest BCUT2D eigenvalue weighted by molar-refractivity contribution is 5.91. The lowest BCUT2D eigenvalue weighted by Gasteiger charge is -2.26. The third kappa shape index (κ3) is 3.94. The fourth-order valence-electron chi connectivity index (χ4n) is 4.12. The topological polar surface area (TPSA) is 89.9 Å². The van der Waals surface area contributed by atoms with Gasteiger partial charge in [-0.1, -0.05) is 6.07 Å². The molecule has 1 aliphatic rings. The summed E-state index contributed by atoms with van der Waals surface area (Å²) < 4.78 is 5.43. The molecule has 0 bridgehead atoms. The standard InChI is InChI=1S/C25H24N6O/c1-17-20-6-7-28-23(20)5-4-22(17)30-25-19(12-26)14-27-15-21(25)24-3-2-18(13-29-24)16-31-8-10-32-11-9-31/h2-7,13-15,28H,8-11,16H2,1H3,(H,27,30). The van der Waals surface area contributed by atoms with Gasteiger partial charge in [-0.3, -0.25) is 14.9 Å². The van der Waals surface area contributed by atoms with Gasteiger partial charge in [0.1, 0.15) is 6.07 Å². The van der Waals surface area contributed by atoms with Crippen molar-refractivity contribution in [2.24, 2.45) is 0 Å². The van der Waals surface area contributed by atoms with Gasteiger partial charge >= 0.3 is 0 Å². The van der Waals surface area contributed by atoms with Crippen LogP contribution in [-0.2, 0) is 11.3 Å². The first-order valence-corrected chi connectivity index (χ1v) is 10.7. The van der Waals surface area contributed by atoms with Crippen molar-refractivity contribution in [1.29, 1.82) is 5.26 Å². The number of hydrogen-bond acceptors (Lipinski definition) is 6. The fraction of sp³-hybridized carbons (Fsp3) is 0.240. The van der Waals surface area contributed by atoms with Crippen molar-refractivity contribution in [2.45, 2.75) is 13.5 Å². The molecule has 1 aliphatic heterocycles. The number of rotatable bonds is 5. The van der Waals surface area contributed by atoms with Gasteiger partial charge in [0.05, 0.1) is 30.2 Å². The van der Waals surface area contributed by atoms with E-state index in [0.29, 0.717) is 11.3 Å². The molecule has 0 radical (unpaired) electrons. The van der Waals surface area contributed by atoms with Crippen LogP contribution in [0.25, 0.3) is 22.2 Å². The lowest BCUT2D eigenvalue weighted by Crippen LogP contribution is -2.35. The third-order valence-electron chi connectivity index (χ3n) is 5.94. The van der Waals surface area contributed by atoms with Gasteiger partial charge in [-0.05, 0) is 42.3 Å². The molecule has 5 rings (SSSR count). The second-order valence-corrected chi connectivity index (χ2v) is 7.96. The number of H-pyrrole nitrogens is 1. The van der Waals surface area contributed by atoms with Gasteiger partial charge in [0.2, 0.25) is 0 Å². The number of benzene rings is 1. The molecule has 160 valence electrons. The SMILES string of the molecule is Cc1c(Nc2c(C#N)cncc2-c2ccc(CN3CCOCC3)cn2)ccc2[nH]ccc12. The van der Waals surface area contributed by atoms with Crippen molar-refractivity contribution in [1.82, 2.24) is 19.9 Å². The lowest BCUT2D eigenvalue weighted by atomic mass is 10.0. The number of ether oxygens (including phenoxy) is 1. The quantitative estimate of drug-likeness (QED) is 0.494. The van der Waals surface area contributed by atoms with Gasteiger partial charge in [0.15, 0.2) is 0 Å². The second-order valence-electron chi connectivity index (χ2n) is 7.96. The first-order chi connectivity index (χ1) is 15.7. The summed E-state index contributed by atoms with van der Waals surface area (Å²) >= 11 is 0. The van der Waals surface area contributed by atoms with E-state index in [1.807, 2.05) is 30.6 Å². The van der Waals surface area contributed by atoms with Crippen LogP contribution in [0.15, 0.2) is 55.1 Å². The zero-order valence-electron chi connectivity index (χ0n) is 17.9. The zero-order chi connectivity index (χ0) is 21.9. The highest BCUT2D eigenvalue weighted by Gasteiger charge is 2.15. The van der Waals surface area contributed by atoms with Crippen LogP contribution < -0.4 is 5.32 Å². The molecule has 0 spiro atoms. The smallest absolute Gasteiger partial charge is 0.103 e. The number of fused-ring (bicyclic) bond motifs is 1. The summed E-state index contributed by atoms with van der Waals surface area (Å²) in [6.45, 7) is 6.37. The maximum Gasteiger partial charge on any atom is 0.103 e. The van der Waals surface area contributed by atoms with Crippen molar-refractivity contribution in [3.05, 3.63) is 71.8 Å². The monoisotopic (exact) mass is 424 g/mol. The maximum absolute atomic E-state index is 9.73. The molecule has 1 fully saturated rings. The van der Waals surface area contributed by atoms with Crippen LogP contribution in [0.3, 0.4) is 0 Å². The number of nitrogens with zero attached hydrogens (tertiary/aromatic N) is 4. The molecule has 2 N–H and O–H groups in total. The van der Waals surface area contributed by atoms with Gasteiger partial charge in [-0.25, -0.2) is 0 Å². The molecule has 7 nitrogen and oxygen atoms in total. The van der Waals surface area contributed by atoms with E-state index in [-0.39, 0.29) is 0 Å². The minimum Gasteiger partial charge on any atom is -0.379 e. The van der Waals surface area contributed by atoms with Crippen LogP contribution in [0.1, 0.15) is 16.7 Å². The Morgan fingerprint density at radius 2 is 2.00 bits per heavy atom. The molecule has 1 aromatic carbocycles. The molecule has 0 unspecified atom stereocenters.